The van der Waals surface area contributed by atoms with Crippen LogP contribution in [0.3, 0.4) is 0 Å². The van der Waals surface area contributed by atoms with Crippen LogP contribution < -0.4 is 15.4 Å². The van der Waals surface area contributed by atoms with Gasteiger partial charge in [-0.3, -0.25) is 19.3 Å². The highest BCUT2D eigenvalue weighted by Crippen LogP contribution is 2.39. The molecule has 0 N–H and O–H groups in total. The van der Waals surface area contributed by atoms with Gasteiger partial charge in [-0.1, -0.05) is 6.07 Å². The molecule has 0 saturated carbocycles. The molecule has 0 radical (unpaired) electrons. The predicted octanol–water partition coefficient (Wildman–Crippen LogP) is 4.73. The lowest BCUT2D eigenvalue weighted by Gasteiger charge is -2.27. The van der Waals surface area contributed by atoms with Crippen molar-refractivity contribution in [2.75, 3.05) is 29.9 Å². The van der Waals surface area contributed by atoms with Crippen molar-refractivity contribution in [1.29, 1.82) is 0 Å². The molecule has 0 aliphatic carbocycles. The first-order chi connectivity index (χ1) is 19.0. The Morgan fingerprint density at radius 3 is 2.50 bits per heavy atom. The Morgan fingerprint density at radius 1 is 1.02 bits per heavy atom. The van der Waals surface area contributed by atoms with Crippen molar-refractivity contribution in [3.05, 3.63) is 74.3 Å². The largest absolute Gasteiger partial charge is 0.461 e. The number of nitrogens with zero attached hydrogens (tertiary/aromatic N) is 5. The smallest absolute Gasteiger partial charge is 0.261 e. The third-order valence-electron chi connectivity index (χ3n) is 7.69. The Balaban J connectivity index is 1.45. The van der Waals surface area contributed by atoms with Crippen LogP contribution in [0.2, 0.25) is 0 Å². The van der Waals surface area contributed by atoms with Crippen LogP contribution in [0.4, 0.5) is 11.4 Å². The van der Waals surface area contributed by atoms with Crippen molar-refractivity contribution in [1.82, 2.24) is 14.5 Å². The maximum atomic E-state index is 13.3. The minimum absolute atomic E-state index is 0.0729. The van der Waals surface area contributed by atoms with Crippen molar-refractivity contribution in [3.8, 4) is 0 Å². The number of thiazole rings is 1. The van der Waals surface area contributed by atoms with Crippen LogP contribution in [0, 0.1) is 19.3 Å². The molecule has 1 aromatic carbocycles. The molecule has 210 valence electrons. The van der Waals surface area contributed by atoms with E-state index in [1.165, 1.54) is 0 Å². The summed E-state index contributed by atoms with van der Waals surface area (Å²) in [5, 5.41) is 0.582. The van der Waals surface area contributed by atoms with Crippen molar-refractivity contribution < 1.29 is 14.0 Å². The second-order valence-corrected chi connectivity index (χ2v) is 11.9. The van der Waals surface area contributed by atoms with Crippen molar-refractivity contribution in [2.24, 2.45) is 5.41 Å². The van der Waals surface area contributed by atoms with Gasteiger partial charge in [0.15, 0.2) is 0 Å². The molecule has 0 bridgehead atoms. The van der Waals surface area contributed by atoms with Crippen LogP contribution in [0.15, 0.2) is 51.3 Å². The molecule has 0 spiro atoms. The van der Waals surface area contributed by atoms with Gasteiger partial charge >= 0.3 is 0 Å². The molecular weight excluding hydrogens is 526 g/mol. The SMILES string of the molecule is CCN1C(=O)C(C)(C)C(=O)N(C)c2cc(CN(CCn3ccc4oc(C)cc4c3=O)Cc3ncsc3C)ccc21. The van der Waals surface area contributed by atoms with Gasteiger partial charge in [-0.25, -0.2) is 4.98 Å². The zero-order valence-corrected chi connectivity index (χ0v) is 24.7. The van der Waals surface area contributed by atoms with Gasteiger partial charge < -0.3 is 18.8 Å². The number of fused-ring (bicyclic) bond motifs is 2. The van der Waals surface area contributed by atoms with E-state index in [9.17, 15) is 14.4 Å². The van der Waals surface area contributed by atoms with Crippen LogP contribution >= 0.6 is 11.3 Å². The summed E-state index contributed by atoms with van der Waals surface area (Å²) in [6.45, 7) is 12.0. The van der Waals surface area contributed by atoms with Crippen molar-refractivity contribution >= 4 is 45.5 Å². The van der Waals surface area contributed by atoms with Crippen molar-refractivity contribution in [3.63, 3.8) is 0 Å². The summed E-state index contributed by atoms with van der Waals surface area (Å²) in [4.78, 5) is 50.9. The Morgan fingerprint density at radius 2 is 1.80 bits per heavy atom. The molecule has 1 aliphatic rings. The fourth-order valence-corrected chi connectivity index (χ4v) is 5.93. The zero-order valence-electron chi connectivity index (χ0n) is 23.9. The molecule has 5 rings (SSSR count). The summed E-state index contributed by atoms with van der Waals surface area (Å²) in [5.74, 6) is 0.282. The maximum Gasteiger partial charge on any atom is 0.261 e. The molecule has 10 heteroatoms. The molecule has 0 fully saturated rings. The summed E-state index contributed by atoms with van der Waals surface area (Å²) < 4.78 is 7.33. The normalized spacial score (nSPS) is 15.3. The number of aryl methyl sites for hydroxylation is 2. The number of carbonyl (C=O) groups is 2. The first kappa shape index (κ1) is 27.8. The fraction of sp³-hybridized carbons (Fsp3) is 0.400. The summed E-state index contributed by atoms with van der Waals surface area (Å²) in [7, 11) is 1.73. The molecule has 4 aromatic rings. The number of hydrogen-bond acceptors (Lipinski definition) is 7. The number of benzene rings is 1. The van der Waals surface area contributed by atoms with E-state index in [0.29, 0.717) is 55.1 Å². The van der Waals surface area contributed by atoms with Gasteiger partial charge in [-0.05, 0) is 64.4 Å². The molecule has 0 unspecified atom stereocenters. The van der Waals surface area contributed by atoms with E-state index >= 15 is 0 Å². The Hall–Kier alpha value is -3.76. The second kappa shape index (κ2) is 10.7. The number of pyridine rings is 1. The quantitative estimate of drug-likeness (QED) is 0.289. The highest BCUT2D eigenvalue weighted by molar-refractivity contribution is 7.09. The summed E-state index contributed by atoms with van der Waals surface area (Å²) >= 11 is 1.61. The van der Waals surface area contributed by atoms with E-state index in [1.807, 2.05) is 43.6 Å². The van der Waals surface area contributed by atoms with Gasteiger partial charge in [0.1, 0.15) is 16.8 Å². The summed E-state index contributed by atoms with van der Waals surface area (Å²) in [5.41, 5.74) is 4.67. The van der Waals surface area contributed by atoms with Gasteiger partial charge in [0.05, 0.1) is 28.0 Å². The number of anilines is 2. The molecule has 1 aliphatic heterocycles. The predicted molar refractivity (Wildman–Crippen MR) is 158 cm³/mol. The average molecular weight is 562 g/mol. The van der Waals surface area contributed by atoms with Crippen LogP contribution in [0.5, 0.6) is 0 Å². The van der Waals surface area contributed by atoms with E-state index < -0.39 is 5.41 Å². The topological polar surface area (TPSA) is 91.9 Å². The Kier molecular flexibility index (Phi) is 7.41. The zero-order chi connectivity index (χ0) is 28.8. The average Bonchev–Trinajstić information content (AvgIpc) is 3.51. The first-order valence-electron chi connectivity index (χ1n) is 13.4. The molecule has 4 heterocycles. The highest BCUT2D eigenvalue weighted by atomic mass is 32.1. The van der Waals surface area contributed by atoms with Gasteiger partial charge in [-0.2, -0.15) is 0 Å². The molecule has 40 heavy (non-hydrogen) atoms. The molecule has 2 amide bonds. The van der Waals surface area contributed by atoms with E-state index in [2.05, 4.69) is 16.8 Å². The van der Waals surface area contributed by atoms with E-state index in [0.717, 1.165) is 21.8 Å². The Labute approximate surface area is 237 Å². The maximum absolute atomic E-state index is 13.3. The standard InChI is InChI=1S/C30H35N5O4S/c1-7-35-24-9-8-21(15-25(24)32(6)28(37)30(4,5)29(35)38)16-33(17-23-20(3)40-18-31-23)12-13-34-11-10-26-22(27(34)36)14-19(2)39-26/h8-11,14-15,18H,7,12-13,16-17H2,1-6H3. The van der Waals surface area contributed by atoms with E-state index in [1.54, 1.807) is 58.9 Å². The summed E-state index contributed by atoms with van der Waals surface area (Å²) in [6, 6.07) is 9.56. The van der Waals surface area contributed by atoms with Crippen LogP contribution in [-0.4, -0.2) is 46.4 Å². The van der Waals surface area contributed by atoms with Gasteiger partial charge in [0.2, 0.25) is 11.8 Å². The Bertz CT molecular complexity index is 1650. The number of carbonyl (C=O) groups excluding carboxylic acids is 2. The minimum atomic E-state index is -1.15. The molecule has 9 nitrogen and oxygen atoms in total. The third kappa shape index (κ3) is 4.97. The van der Waals surface area contributed by atoms with Gasteiger partial charge in [-0.15, -0.1) is 11.3 Å². The number of aromatic nitrogens is 2. The minimum Gasteiger partial charge on any atom is -0.461 e. The van der Waals surface area contributed by atoms with Gasteiger partial charge in [0, 0.05) is 50.8 Å². The van der Waals surface area contributed by atoms with Crippen LogP contribution in [0.1, 0.15) is 42.7 Å². The molecule has 3 aromatic heterocycles. The first-order valence-corrected chi connectivity index (χ1v) is 14.3. The number of amides is 2. The number of hydrogen-bond donors (Lipinski definition) is 0. The molecule has 0 atom stereocenters. The lowest BCUT2D eigenvalue weighted by Crippen LogP contribution is -2.47. The third-order valence-corrected chi connectivity index (χ3v) is 8.49. The van der Waals surface area contributed by atoms with E-state index in [4.69, 9.17) is 4.42 Å². The number of rotatable bonds is 8. The van der Waals surface area contributed by atoms with Crippen LogP contribution in [-0.2, 0) is 29.2 Å². The lowest BCUT2D eigenvalue weighted by atomic mass is 9.90. The van der Waals surface area contributed by atoms with Crippen molar-refractivity contribution in [2.45, 2.75) is 54.3 Å². The number of furan rings is 1. The fourth-order valence-electron chi connectivity index (χ4n) is 5.34. The van der Waals surface area contributed by atoms with E-state index in [-0.39, 0.29) is 17.4 Å². The molecule has 0 saturated heterocycles. The summed E-state index contributed by atoms with van der Waals surface area (Å²) in [6.07, 6.45) is 1.78. The lowest BCUT2D eigenvalue weighted by molar-refractivity contribution is -0.137. The monoisotopic (exact) mass is 561 g/mol. The van der Waals surface area contributed by atoms with Crippen LogP contribution in [0.25, 0.3) is 11.0 Å². The molecular formula is C30H35N5O4S. The highest BCUT2D eigenvalue weighted by Gasteiger charge is 2.45. The second-order valence-electron chi connectivity index (χ2n) is 10.9. The van der Waals surface area contributed by atoms with Gasteiger partial charge in [0.25, 0.3) is 5.56 Å².